The number of thiophene rings is 1. The molecule has 1 nitrogen and oxygen atoms in total. The van der Waals surface area contributed by atoms with E-state index in [1.165, 1.54) is 4.70 Å². The van der Waals surface area contributed by atoms with Crippen molar-refractivity contribution in [3.05, 3.63) is 57.3 Å². The number of benzene rings is 2. The van der Waals surface area contributed by atoms with Crippen LogP contribution in [0.3, 0.4) is 0 Å². The summed E-state index contributed by atoms with van der Waals surface area (Å²) in [6.45, 7) is 0. The van der Waals surface area contributed by atoms with Crippen LogP contribution in [0.1, 0.15) is 0 Å². The molecule has 0 radical (unpaired) electrons. The summed E-state index contributed by atoms with van der Waals surface area (Å²) in [7, 11) is 0. The predicted octanol–water partition coefficient (Wildman–Crippen LogP) is 6.06. The molecule has 0 atom stereocenters. The van der Waals surface area contributed by atoms with Gasteiger partial charge in [-0.2, -0.15) is 0 Å². The third-order valence-corrected chi connectivity index (χ3v) is 4.65. The molecule has 0 amide bonds. The van der Waals surface area contributed by atoms with Crippen LogP contribution in [0.25, 0.3) is 10.1 Å². The SMILES string of the molecule is Clc1cccc2scc(Nc3ccccc3Br)c12. The molecule has 1 N–H and O–H groups in total. The van der Waals surface area contributed by atoms with Crippen molar-refractivity contribution in [2.75, 3.05) is 5.32 Å². The summed E-state index contributed by atoms with van der Waals surface area (Å²) in [4.78, 5) is 0. The normalized spacial score (nSPS) is 10.8. The molecule has 0 aliphatic rings. The van der Waals surface area contributed by atoms with Gasteiger partial charge in [-0.3, -0.25) is 0 Å². The maximum atomic E-state index is 6.26. The smallest absolute Gasteiger partial charge is 0.0588 e. The van der Waals surface area contributed by atoms with Crippen LogP contribution in [-0.2, 0) is 0 Å². The van der Waals surface area contributed by atoms with Gasteiger partial charge in [-0.05, 0) is 40.2 Å². The Morgan fingerprint density at radius 3 is 2.67 bits per heavy atom. The van der Waals surface area contributed by atoms with Crippen LogP contribution < -0.4 is 5.32 Å². The molecule has 90 valence electrons. The molecule has 4 heteroatoms. The molecule has 0 aliphatic heterocycles. The Hall–Kier alpha value is -1.03. The van der Waals surface area contributed by atoms with E-state index in [1.807, 2.05) is 36.4 Å². The first-order valence-corrected chi connectivity index (χ1v) is 7.48. The summed E-state index contributed by atoms with van der Waals surface area (Å²) in [5.41, 5.74) is 2.09. The Bertz CT molecular complexity index is 708. The highest BCUT2D eigenvalue weighted by Crippen LogP contribution is 2.38. The maximum Gasteiger partial charge on any atom is 0.0588 e. The molecule has 3 rings (SSSR count). The minimum absolute atomic E-state index is 0.781. The van der Waals surface area contributed by atoms with Crippen molar-refractivity contribution >= 4 is 60.3 Å². The third-order valence-electron chi connectivity index (χ3n) is 2.69. The van der Waals surface area contributed by atoms with Gasteiger partial charge in [0, 0.05) is 19.9 Å². The van der Waals surface area contributed by atoms with Gasteiger partial charge in [0.1, 0.15) is 0 Å². The monoisotopic (exact) mass is 337 g/mol. The quantitative estimate of drug-likeness (QED) is 0.598. The van der Waals surface area contributed by atoms with E-state index in [0.29, 0.717) is 0 Å². The Morgan fingerprint density at radius 2 is 1.83 bits per heavy atom. The van der Waals surface area contributed by atoms with E-state index in [-0.39, 0.29) is 0 Å². The van der Waals surface area contributed by atoms with E-state index in [0.717, 1.165) is 26.3 Å². The van der Waals surface area contributed by atoms with Crippen molar-refractivity contribution in [1.82, 2.24) is 0 Å². The lowest BCUT2D eigenvalue weighted by Crippen LogP contribution is -1.89. The number of rotatable bonds is 2. The van der Waals surface area contributed by atoms with E-state index in [9.17, 15) is 0 Å². The second-order valence-electron chi connectivity index (χ2n) is 3.87. The minimum Gasteiger partial charge on any atom is -0.353 e. The Morgan fingerprint density at radius 1 is 1.00 bits per heavy atom. The van der Waals surface area contributed by atoms with Crippen molar-refractivity contribution in [1.29, 1.82) is 0 Å². The molecule has 0 aliphatic carbocycles. The van der Waals surface area contributed by atoms with Crippen LogP contribution >= 0.6 is 38.9 Å². The van der Waals surface area contributed by atoms with Gasteiger partial charge in [0.2, 0.25) is 0 Å². The summed E-state index contributed by atoms with van der Waals surface area (Å²) < 4.78 is 2.23. The molecule has 1 aromatic heterocycles. The van der Waals surface area contributed by atoms with Crippen LogP contribution in [0.15, 0.2) is 52.3 Å². The van der Waals surface area contributed by atoms with Crippen molar-refractivity contribution < 1.29 is 0 Å². The topological polar surface area (TPSA) is 12.0 Å². The van der Waals surface area contributed by atoms with Crippen molar-refractivity contribution in [2.24, 2.45) is 0 Å². The number of halogens is 2. The minimum atomic E-state index is 0.781. The lowest BCUT2D eigenvalue weighted by atomic mass is 10.2. The lowest BCUT2D eigenvalue weighted by Gasteiger charge is -2.07. The van der Waals surface area contributed by atoms with Crippen LogP contribution in [0, 0.1) is 0 Å². The number of hydrogen-bond donors (Lipinski definition) is 1. The summed E-state index contributed by atoms with van der Waals surface area (Å²) >= 11 is 11.5. The largest absolute Gasteiger partial charge is 0.353 e. The molecular weight excluding hydrogens is 330 g/mol. The summed E-state index contributed by atoms with van der Waals surface area (Å²) in [5, 5.41) is 7.37. The van der Waals surface area contributed by atoms with Crippen LogP contribution in [0.4, 0.5) is 11.4 Å². The van der Waals surface area contributed by atoms with E-state index >= 15 is 0 Å². The predicted molar refractivity (Wildman–Crippen MR) is 84.3 cm³/mol. The lowest BCUT2D eigenvalue weighted by molar-refractivity contribution is 1.56. The van der Waals surface area contributed by atoms with Crippen molar-refractivity contribution in [3.63, 3.8) is 0 Å². The number of hydrogen-bond acceptors (Lipinski definition) is 2. The van der Waals surface area contributed by atoms with Gasteiger partial charge in [-0.15, -0.1) is 11.3 Å². The first-order chi connectivity index (χ1) is 8.75. The fourth-order valence-electron chi connectivity index (χ4n) is 1.84. The molecular formula is C14H9BrClNS. The van der Waals surface area contributed by atoms with Crippen LogP contribution in [0.5, 0.6) is 0 Å². The van der Waals surface area contributed by atoms with Gasteiger partial charge >= 0.3 is 0 Å². The second kappa shape index (κ2) is 4.92. The van der Waals surface area contributed by atoms with Gasteiger partial charge in [0.05, 0.1) is 16.4 Å². The maximum absolute atomic E-state index is 6.26. The Balaban J connectivity index is 2.09. The first-order valence-electron chi connectivity index (χ1n) is 5.43. The first kappa shape index (κ1) is 12.0. The van der Waals surface area contributed by atoms with E-state index < -0.39 is 0 Å². The molecule has 2 aromatic carbocycles. The van der Waals surface area contributed by atoms with Crippen LogP contribution in [0.2, 0.25) is 5.02 Å². The van der Waals surface area contributed by atoms with Gasteiger partial charge in [-0.25, -0.2) is 0 Å². The fraction of sp³-hybridized carbons (Fsp3) is 0. The number of anilines is 2. The highest BCUT2D eigenvalue weighted by Gasteiger charge is 2.08. The van der Waals surface area contributed by atoms with Crippen molar-refractivity contribution in [2.45, 2.75) is 0 Å². The summed E-state index contributed by atoms with van der Waals surface area (Å²) in [6, 6.07) is 14.0. The highest BCUT2D eigenvalue weighted by molar-refractivity contribution is 9.10. The highest BCUT2D eigenvalue weighted by atomic mass is 79.9. The average Bonchev–Trinajstić information content (AvgIpc) is 2.77. The molecule has 0 unspecified atom stereocenters. The second-order valence-corrected chi connectivity index (χ2v) is 6.04. The number of fused-ring (bicyclic) bond motifs is 1. The fourth-order valence-corrected chi connectivity index (χ4v) is 3.48. The van der Waals surface area contributed by atoms with Gasteiger partial charge < -0.3 is 5.32 Å². The van der Waals surface area contributed by atoms with Crippen LogP contribution in [-0.4, -0.2) is 0 Å². The zero-order valence-corrected chi connectivity index (χ0v) is 12.4. The number of para-hydroxylation sites is 1. The average molecular weight is 339 g/mol. The summed E-state index contributed by atoms with van der Waals surface area (Å²) in [5.74, 6) is 0. The number of nitrogens with one attached hydrogen (secondary N) is 1. The van der Waals surface area contributed by atoms with E-state index in [4.69, 9.17) is 11.6 Å². The third kappa shape index (κ3) is 2.14. The zero-order chi connectivity index (χ0) is 12.5. The molecule has 0 saturated heterocycles. The summed E-state index contributed by atoms with van der Waals surface area (Å²) in [6.07, 6.45) is 0. The van der Waals surface area contributed by atoms with Crippen molar-refractivity contribution in [3.8, 4) is 0 Å². The molecule has 0 spiro atoms. The molecule has 3 aromatic rings. The molecule has 0 fully saturated rings. The molecule has 0 saturated carbocycles. The Kier molecular flexibility index (Phi) is 3.29. The van der Waals surface area contributed by atoms with Gasteiger partial charge in [0.15, 0.2) is 0 Å². The van der Waals surface area contributed by atoms with E-state index in [2.05, 4.69) is 32.7 Å². The molecule has 1 heterocycles. The zero-order valence-electron chi connectivity index (χ0n) is 9.28. The molecule has 18 heavy (non-hydrogen) atoms. The Labute approximate surface area is 123 Å². The standard InChI is InChI=1S/C14H9BrClNS/c15-9-4-1-2-6-11(9)17-12-8-18-13-7-3-5-10(16)14(12)13/h1-8,17H. The molecule has 0 bridgehead atoms. The van der Waals surface area contributed by atoms with Gasteiger partial charge in [-0.1, -0.05) is 29.8 Å². The van der Waals surface area contributed by atoms with E-state index in [1.54, 1.807) is 11.3 Å². The van der Waals surface area contributed by atoms with Gasteiger partial charge in [0.25, 0.3) is 0 Å².